The zero-order valence-corrected chi connectivity index (χ0v) is 9.53. The van der Waals surface area contributed by atoms with E-state index in [1.54, 1.807) is 0 Å². The van der Waals surface area contributed by atoms with Crippen molar-refractivity contribution >= 4 is 0 Å². The fourth-order valence-electron chi connectivity index (χ4n) is 1.93. The highest BCUT2D eigenvalue weighted by Crippen LogP contribution is 2.15. The van der Waals surface area contributed by atoms with Crippen LogP contribution in [0.5, 0.6) is 0 Å². The lowest BCUT2D eigenvalue weighted by Crippen LogP contribution is -2.15. The molecule has 0 radical (unpaired) electrons. The number of nitrogens with zero attached hydrogens (tertiary/aromatic N) is 1. The molecular weight excluding hydrogens is 172 g/mol. The largest absolute Gasteiger partial charge is 0.350 e. The molecule has 0 aromatic carbocycles. The van der Waals surface area contributed by atoms with Crippen LogP contribution in [0.4, 0.5) is 0 Å². The van der Waals surface area contributed by atoms with E-state index in [2.05, 4.69) is 36.7 Å². The van der Waals surface area contributed by atoms with Gasteiger partial charge in [-0.2, -0.15) is 0 Å². The lowest BCUT2D eigenvalue weighted by molar-refractivity contribution is 0.434. The van der Waals surface area contributed by atoms with E-state index >= 15 is 0 Å². The van der Waals surface area contributed by atoms with Gasteiger partial charge in [0.2, 0.25) is 0 Å². The van der Waals surface area contributed by atoms with Crippen molar-refractivity contribution in [3.63, 3.8) is 0 Å². The standard InChI is InChI=1S/C12H22N2/c1-4-6-10(2)9-14-8-5-7-12(14)11(3)13/h5,7-8,10-11H,4,6,9,13H2,1-3H3. The molecule has 0 amide bonds. The molecule has 0 fully saturated rings. The van der Waals surface area contributed by atoms with Gasteiger partial charge in [0.15, 0.2) is 0 Å². The molecule has 80 valence electrons. The molecule has 0 saturated carbocycles. The maximum Gasteiger partial charge on any atom is 0.0421 e. The van der Waals surface area contributed by atoms with Crippen LogP contribution < -0.4 is 5.73 Å². The fourth-order valence-corrected chi connectivity index (χ4v) is 1.93. The normalized spacial score (nSPS) is 15.4. The minimum atomic E-state index is 0.138. The lowest BCUT2D eigenvalue weighted by Gasteiger charge is -2.16. The highest BCUT2D eigenvalue weighted by Gasteiger charge is 2.08. The van der Waals surface area contributed by atoms with Crippen LogP contribution in [0.2, 0.25) is 0 Å². The topological polar surface area (TPSA) is 30.9 Å². The van der Waals surface area contributed by atoms with E-state index in [9.17, 15) is 0 Å². The van der Waals surface area contributed by atoms with E-state index in [1.807, 2.05) is 6.92 Å². The van der Waals surface area contributed by atoms with Gasteiger partial charge in [0.25, 0.3) is 0 Å². The van der Waals surface area contributed by atoms with Crippen molar-refractivity contribution in [3.8, 4) is 0 Å². The summed E-state index contributed by atoms with van der Waals surface area (Å²) in [6.45, 7) is 7.67. The van der Waals surface area contributed by atoms with Crippen LogP contribution in [0.25, 0.3) is 0 Å². The number of rotatable bonds is 5. The van der Waals surface area contributed by atoms with Gasteiger partial charge in [0.05, 0.1) is 0 Å². The highest BCUT2D eigenvalue weighted by atomic mass is 15.0. The van der Waals surface area contributed by atoms with Crippen LogP contribution in [0.3, 0.4) is 0 Å². The van der Waals surface area contributed by atoms with Gasteiger partial charge >= 0.3 is 0 Å². The third kappa shape index (κ3) is 2.88. The van der Waals surface area contributed by atoms with Gasteiger partial charge in [0, 0.05) is 24.5 Å². The summed E-state index contributed by atoms with van der Waals surface area (Å²) in [6, 6.07) is 4.33. The first-order chi connectivity index (χ1) is 6.65. The maximum absolute atomic E-state index is 5.89. The molecular formula is C12H22N2. The summed E-state index contributed by atoms with van der Waals surface area (Å²) in [5.41, 5.74) is 7.13. The van der Waals surface area contributed by atoms with E-state index in [0.717, 1.165) is 12.5 Å². The van der Waals surface area contributed by atoms with Gasteiger partial charge in [0.1, 0.15) is 0 Å². The summed E-state index contributed by atoms with van der Waals surface area (Å²) >= 11 is 0. The van der Waals surface area contributed by atoms with Crippen LogP contribution in [0.15, 0.2) is 18.3 Å². The molecule has 1 rings (SSSR count). The van der Waals surface area contributed by atoms with E-state index < -0.39 is 0 Å². The molecule has 0 aliphatic heterocycles. The highest BCUT2D eigenvalue weighted by molar-refractivity contribution is 5.10. The minimum absolute atomic E-state index is 0.138. The Hall–Kier alpha value is -0.760. The van der Waals surface area contributed by atoms with Crippen molar-refractivity contribution in [2.24, 2.45) is 11.7 Å². The number of hydrogen-bond donors (Lipinski definition) is 1. The van der Waals surface area contributed by atoms with E-state index in [-0.39, 0.29) is 6.04 Å². The molecule has 0 bridgehead atoms. The average molecular weight is 194 g/mol. The lowest BCUT2D eigenvalue weighted by atomic mass is 10.1. The molecule has 2 heteroatoms. The third-order valence-corrected chi connectivity index (χ3v) is 2.62. The fraction of sp³-hybridized carbons (Fsp3) is 0.667. The summed E-state index contributed by atoms with van der Waals surface area (Å²) in [5.74, 6) is 0.741. The van der Waals surface area contributed by atoms with E-state index in [1.165, 1.54) is 18.5 Å². The van der Waals surface area contributed by atoms with E-state index in [4.69, 9.17) is 5.73 Å². The summed E-state index contributed by atoms with van der Waals surface area (Å²) < 4.78 is 2.28. The molecule has 0 aliphatic rings. The zero-order chi connectivity index (χ0) is 10.6. The third-order valence-electron chi connectivity index (χ3n) is 2.62. The SMILES string of the molecule is CCCC(C)Cn1cccc1C(C)N. The molecule has 2 atom stereocenters. The smallest absolute Gasteiger partial charge is 0.0421 e. The first-order valence-corrected chi connectivity index (χ1v) is 5.55. The molecule has 0 spiro atoms. The van der Waals surface area contributed by atoms with Crippen LogP contribution in [0, 0.1) is 5.92 Å². The predicted octanol–water partition coefficient (Wildman–Crippen LogP) is 2.94. The maximum atomic E-state index is 5.89. The van der Waals surface area contributed by atoms with Gasteiger partial charge in [-0.05, 0) is 31.4 Å². The predicted molar refractivity (Wildman–Crippen MR) is 61.1 cm³/mol. The van der Waals surface area contributed by atoms with Crippen LogP contribution >= 0.6 is 0 Å². The Bertz CT molecular complexity index is 263. The first-order valence-electron chi connectivity index (χ1n) is 5.55. The number of aromatic nitrogens is 1. The molecule has 1 aromatic heterocycles. The quantitative estimate of drug-likeness (QED) is 0.767. The van der Waals surface area contributed by atoms with E-state index in [0.29, 0.717) is 0 Å². The van der Waals surface area contributed by atoms with Crippen molar-refractivity contribution in [2.45, 2.75) is 46.2 Å². The Balaban J connectivity index is 2.61. The second-order valence-electron chi connectivity index (χ2n) is 4.27. The van der Waals surface area contributed by atoms with Gasteiger partial charge in [-0.3, -0.25) is 0 Å². The van der Waals surface area contributed by atoms with Crippen LogP contribution in [-0.2, 0) is 6.54 Å². The molecule has 2 nitrogen and oxygen atoms in total. The minimum Gasteiger partial charge on any atom is -0.350 e. The molecule has 0 aliphatic carbocycles. The van der Waals surface area contributed by atoms with Crippen molar-refractivity contribution in [2.75, 3.05) is 0 Å². The second kappa shape index (κ2) is 5.20. The summed E-state index contributed by atoms with van der Waals surface area (Å²) in [5, 5.41) is 0. The van der Waals surface area contributed by atoms with Crippen LogP contribution in [-0.4, -0.2) is 4.57 Å². The summed E-state index contributed by atoms with van der Waals surface area (Å²) in [4.78, 5) is 0. The van der Waals surface area contributed by atoms with Crippen LogP contribution in [0.1, 0.15) is 45.3 Å². The van der Waals surface area contributed by atoms with Gasteiger partial charge < -0.3 is 10.3 Å². The Morgan fingerprint density at radius 1 is 1.43 bits per heavy atom. The summed E-state index contributed by atoms with van der Waals surface area (Å²) in [7, 11) is 0. The van der Waals surface area contributed by atoms with Gasteiger partial charge in [-0.1, -0.05) is 20.3 Å². The van der Waals surface area contributed by atoms with Gasteiger partial charge in [-0.15, -0.1) is 0 Å². The molecule has 1 heterocycles. The Kier molecular flexibility index (Phi) is 4.21. The van der Waals surface area contributed by atoms with Crippen molar-refractivity contribution in [3.05, 3.63) is 24.0 Å². The summed E-state index contributed by atoms with van der Waals surface area (Å²) in [6.07, 6.45) is 4.68. The molecule has 2 unspecified atom stereocenters. The average Bonchev–Trinajstić information content (AvgIpc) is 2.52. The number of hydrogen-bond acceptors (Lipinski definition) is 1. The van der Waals surface area contributed by atoms with Crippen molar-refractivity contribution in [1.82, 2.24) is 4.57 Å². The zero-order valence-electron chi connectivity index (χ0n) is 9.53. The monoisotopic (exact) mass is 194 g/mol. The number of nitrogens with two attached hydrogens (primary N) is 1. The van der Waals surface area contributed by atoms with Gasteiger partial charge in [-0.25, -0.2) is 0 Å². The Labute approximate surface area is 87.1 Å². The molecule has 0 saturated heterocycles. The molecule has 1 aromatic rings. The second-order valence-corrected chi connectivity index (χ2v) is 4.27. The van der Waals surface area contributed by atoms with Crippen molar-refractivity contribution in [1.29, 1.82) is 0 Å². The Morgan fingerprint density at radius 2 is 2.14 bits per heavy atom. The molecule has 2 N–H and O–H groups in total. The molecule has 14 heavy (non-hydrogen) atoms. The Morgan fingerprint density at radius 3 is 2.71 bits per heavy atom. The first kappa shape index (κ1) is 11.3. The van der Waals surface area contributed by atoms with Crippen molar-refractivity contribution < 1.29 is 0 Å².